The van der Waals surface area contributed by atoms with Gasteiger partial charge < -0.3 is 20.8 Å². The fraction of sp³-hybridized carbons (Fsp3) is 0.261. The molecule has 1 aromatic heterocycles. The minimum absolute atomic E-state index is 0.0274. The van der Waals surface area contributed by atoms with E-state index in [2.05, 4.69) is 20.6 Å². The zero-order valence-electron chi connectivity index (χ0n) is 17.3. The van der Waals surface area contributed by atoms with Crippen molar-refractivity contribution in [3.05, 3.63) is 76.4 Å². The van der Waals surface area contributed by atoms with Gasteiger partial charge >= 0.3 is 0 Å². The van der Waals surface area contributed by atoms with Crippen LogP contribution in [0.3, 0.4) is 0 Å². The Labute approximate surface area is 186 Å². The first kappa shape index (κ1) is 22.7. The van der Waals surface area contributed by atoms with E-state index in [-0.39, 0.29) is 25.2 Å². The lowest BCUT2D eigenvalue weighted by Crippen LogP contribution is -2.30. The van der Waals surface area contributed by atoms with Crippen molar-refractivity contribution in [3.8, 4) is 11.3 Å². The van der Waals surface area contributed by atoms with Gasteiger partial charge in [0, 0.05) is 28.4 Å². The maximum Gasteiger partial charge on any atom is 0.251 e. The minimum Gasteiger partial charge on any atom is -0.394 e. The fourth-order valence-corrected chi connectivity index (χ4v) is 3.25. The molecule has 0 aliphatic carbocycles. The third kappa shape index (κ3) is 5.79. The van der Waals surface area contributed by atoms with E-state index in [0.717, 1.165) is 22.4 Å². The molecule has 0 saturated carbocycles. The Morgan fingerprint density at radius 2 is 1.87 bits per heavy atom. The number of nitrogens with zero attached hydrogens (tertiary/aromatic N) is 2. The van der Waals surface area contributed by atoms with Gasteiger partial charge in [0.2, 0.25) is 5.95 Å². The van der Waals surface area contributed by atoms with Gasteiger partial charge in [0.15, 0.2) is 0 Å². The second-order valence-corrected chi connectivity index (χ2v) is 7.73. The van der Waals surface area contributed by atoms with Crippen LogP contribution in [0.25, 0.3) is 11.3 Å². The Morgan fingerprint density at radius 3 is 2.52 bits per heavy atom. The zero-order chi connectivity index (χ0) is 22.4. The summed E-state index contributed by atoms with van der Waals surface area (Å²) in [4.78, 5) is 21.5. The highest BCUT2D eigenvalue weighted by atomic mass is 35.5. The lowest BCUT2D eigenvalue weighted by Gasteiger charge is -2.17. The SMILES string of the molecule is Cc1cnc(N[C@@H](C)CO)nc1-c1ccc(C(=O)N[C@H](CO)c2cccc(Cl)c2)cc1. The molecule has 2 aromatic carbocycles. The summed E-state index contributed by atoms with van der Waals surface area (Å²) in [7, 11) is 0. The van der Waals surface area contributed by atoms with Crippen LogP contribution in [0.4, 0.5) is 5.95 Å². The largest absolute Gasteiger partial charge is 0.394 e. The van der Waals surface area contributed by atoms with Crippen molar-refractivity contribution in [2.75, 3.05) is 18.5 Å². The first-order valence-corrected chi connectivity index (χ1v) is 10.3. The molecule has 1 heterocycles. The summed E-state index contributed by atoms with van der Waals surface area (Å²) in [5, 5.41) is 25.3. The number of halogens is 1. The number of rotatable bonds is 8. The summed E-state index contributed by atoms with van der Waals surface area (Å²) in [6.45, 7) is 3.47. The molecule has 3 rings (SSSR count). The second kappa shape index (κ2) is 10.3. The van der Waals surface area contributed by atoms with Crippen LogP contribution in [0.5, 0.6) is 0 Å². The summed E-state index contributed by atoms with van der Waals surface area (Å²) in [5.74, 6) is 0.125. The van der Waals surface area contributed by atoms with Crippen LogP contribution in [-0.2, 0) is 0 Å². The number of aryl methyl sites for hydroxylation is 1. The molecule has 7 nitrogen and oxygen atoms in total. The van der Waals surface area contributed by atoms with E-state index in [4.69, 9.17) is 11.6 Å². The van der Waals surface area contributed by atoms with Crippen LogP contribution in [-0.4, -0.2) is 45.3 Å². The van der Waals surface area contributed by atoms with Gasteiger partial charge in [-0.3, -0.25) is 4.79 Å². The van der Waals surface area contributed by atoms with E-state index in [1.54, 1.807) is 42.6 Å². The van der Waals surface area contributed by atoms with Crippen LogP contribution in [0.15, 0.2) is 54.7 Å². The molecule has 0 aliphatic heterocycles. The number of amides is 1. The summed E-state index contributed by atoms with van der Waals surface area (Å²) in [6, 6.07) is 13.4. The van der Waals surface area contributed by atoms with Gasteiger partial charge in [-0.1, -0.05) is 35.9 Å². The zero-order valence-corrected chi connectivity index (χ0v) is 18.1. The van der Waals surface area contributed by atoms with Gasteiger partial charge in [0.1, 0.15) is 0 Å². The van der Waals surface area contributed by atoms with Gasteiger partial charge in [-0.05, 0) is 49.2 Å². The highest BCUT2D eigenvalue weighted by Gasteiger charge is 2.16. The summed E-state index contributed by atoms with van der Waals surface area (Å²) < 4.78 is 0. The van der Waals surface area contributed by atoms with E-state index in [0.29, 0.717) is 16.5 Å². The van der Waals surface area contributed by atoms with Gasteiger partial charge in [0.25, 0.3) is 5.91 Å². The van der Waals surface area contributed by atoms with E-state index in [1.165, 1.54) is 0 Å². The Kier molecular flexibility index (Phi) is 7.57. The number of hydrogen-bond acceptors (Lipinski definition) is 6. The molecular formula is C23H25ClN4O3. The summed E-state index contributed by atoms with van der Waals surface area (Å²) in [5.41, 5.74) is 3.66. The number of carbonyl (C=O) groups excluding carboxylic acids is 1. The monoisotopic (exact) mass is 440 g/mol. The van der Waals surface area contributed by atoms with Crippen LogP contribution in [0.2, 0.25) is 5.02 Å². The molecule has 162 valence electrons. The van der Waals surface area contributed by atoms with Crippen molar-refractivity contribution >= 4 is 23.5 Å². The third-order valence-corrected chi connectivity index (χ3v) is 5.02. The highest BCUT2D eigenvalue weighted by molar-refractivity contribution is 6.30. The van der Waals surface area contributed by atoms with Crippen molar-refractivity contribution in [1.29, 1.82) is 0 Å². The minimum atomic E-state index is -0.558. The average Bonchev–Trinajstić information content (AvgIpc) is 2.78. The predicted octanol–water partition coefficient (Wildman–Crippen LogP) is 3.36. The van der Waals surface area contributed by atoms with Crippen molar-refractivity contribution in [1.82, 2.24) is 15.3 Å². The van der Waals surface area contributed by atoms with Gasteiger partial charge in [-0.2, -0.15) is 0 Å². The maximum atomic E-state index is 12.7. The Bertz CT molecular complexity index is 1040. The van der Waals surface area contributed by atoms with Crippen molar-refractivity contribution < 1.29 is 15.0 Å². The molecule has 31 heavy (non-hydrogen) atoms. The highest BCUT2D eigenvalue weighted by Crippen LogP contribution is 2.23. The number of nitrogens with one attached hydrogen (secondary N) is 2. The number of carbonyl (C=O) groups is 1. The standard InChI is InChI=1S/C23H25ClN4O3/c1-14-11-25-23(26-15(2)12-29)28-21(14)16-6-8-17(9-7-16)22(31)27-20(13-30)18-4-3-5-19(24)10-18/h3-11,15,20,29-30H,12-13H2,1-2H3,(H,27,31)(H,25,26,28)/t15-,20+/m0/s1. The van der Waals surface area contributed by atoms with E-state index in [1.807, 2.05) is 26.0 Å². The molecule has 0 radical (unpaired) electrons. The molecule has 0 aliphatic rings. The molecule has 0 unspecified atom stereocenters. The lowest BCUT2D eigenvalue weighted by molar-refractivity contribution is 0.0916. The average molecular weight is 441 g/mol. The van der Waals surface area contributed by atoms with E-state index in [9.17, 15) is 15.0 Å². The molecule has 4 N–H and O–H groups in total. The van der Waals surface area contributed by atoms with Crippen LogP contribution in [0, 0.1) is 6.92 Å². The first-order chi connectivity index (χ1) is 14.9. The molecule has 3 aromatic rings. The summed E-state index contributed by atoms with van der Waals surface area (Å²) >= 11 is 6.01. The maximum absolute atomic E-state index is 12.7. The molecule has 1 amide bonds. The number of benzene rings is 2. The van der Waals surface area contributed by atoms with Gasteiger partial charge in [-0.25, -0.2) is 9.97 Å². The predicted molar refractivity (Wildman–Crippen MR) is 121 cm³/mol. The van der Waals surface area contributed by atoms with Crippen LogP contribution >= 0.6 is 11.6 Å². The number of aliphatic hydroxyl groups excluding tert-OH is 2. The Balaban J connectivity index is 1.76. The molecule has 2 atom stereocenters. The topological polar surface area (TPSA) is 107 Å². The van der Waals surface area contributed by atoms with Crippen molar-refractivity contribution in [2.24, 2.45) is 0 Å². The molecule has 0 saturated heterocycles. The Morgan fingerprint density at radius 1 is 1.13 bits per heavy atom. The molecule has 0 spiro atoms. The number of aromatic nitrogens is 2. The second-order valence-electron chi connectivity index (χ2n) is 7.29. The summed E-state index contributed by atoms with van der Waals surface area (Å²) in [6.07, 6.45) is 1.71. The quantitative estimate of drug-likeness (QED) is 0.428. The van der Waals surface area contributed by atoms with Crippen molar-refractivity contribution in [3.63, 3.8) is 0 Å². The van der Waals surface area contributed by atoms with E-state index >= 15 is 0 Å². The van der Waals surface area contributed by atoms with Gasteiger partial charge in [-0.15, -0.1) is 0 Å². The van der Waals surface area contributed by atoms with Crippen LogP contribution in [0.1, 0.15) is 34.5 Å². The van der Waals surface area contributed by atoms with Crippen LogP contribution < -0.4 is 10.6 Å². The fourth-order valence-electron chi connectivity index (χ4n) is 3.05. The lowest BCUT2D eigenvalue weighted by atomic mass is 10.0. The number of aliphatic hydroxyl groups is 2. The number of hydrogen-bond donors (Lipinski definition) is 4. The number of anilines is 1. The molecular weight excluding hydrogens is 416 g/mol. The normalized spacial score (nSPS) is 12.8. The Hall–Kier alpha value is -3.00. The smallest absolute Gasteiger partial charge is 0.251 e. The first-order valence-electron chi connectivity index (χ1n) is 9.90. The van der Waals surface area contributed by atoms with Crippen molar-refractivity contribution in [2.45, 2.75) is 25.9 Å². The molecule has 8 heteroatoms. The van der Waals surface area contributed by atoms with Gasteiger partial charge in [0.05, 0.1) is 24.9 Å². The molecule has 0 bridgehead atoms. The molecule has 0 fully saturated rings. The third-order valence-electron chi connectivity index (χ3n) is 4.78. The van der Waals surface area contributed by atoms with E-state index < -0.39 is 6.04 Å².